The summed E-state index contributed by atoms with van der Waals surface area (Å²) < 4.78 is 6.75. The Morgan fingerprint density at radius 2 is 2.05 bits per heavy atom. The summed E-state index contributed by atoms with van der Waals surface area (Å²) >= 11 is 3.73. The van der Waals surface area contributed by atoms with E-state index >= 15 is 0 Å². The molecule has 3 heterocycles. The van der Waals surface area contributed by atoms with Gasteiger partial charge in [0.25, 0.3) is 0 Å². The number of nitrogens with one attached hydrogen (secondary N) is 1. The largest absolute Gasteiger partial charge is 0.440 e. The van der Waals surface area contributed by atoms with Gasteiger partial charge in [0.05, 0.1) is 0 Å². The van der Waals surface area contributed by atoms with Gasteiger partial charge in [0.1, 0.15) is 11.1 Å². The lowest BCUT2D eigenvalue weighted by molar-refractivity contribution is 0.0238. The zero-order valence-corrected chi connectivity index (χ0v) is 14.8. The Morgan fingerprint density at radius 3 is 2.77 bits per heavy atom. The Labute approximate surface area is 137 Å². The van der Waals surface area contributed by atoms with Gasteiger partial charge in [-0.05, 0) is 51.8 Å². The van der Waals surface area contributed by atoms with Crippen LogP contribution in [0.3, 0.4) is 0 Å². The molecule has 1 amide bonds. The van der Waals surface area contributed by atoms with E-state index in [2.05, 4.69) is 46.9 Å². The van der Waals surface area contributed by atoms with Gasteiger partial charge in [-0.2, -0.15) is 0 Å². The van der Waals surface area contributed by atoms with Crippen LogP contribution >= 0.6 is 15.9 Å². The Bertz CT molecular complexity index is 824. The van der Waals surface area contributed by atoms with E-state index in [4.69, 9.17) is 4.74 Å². The van der Waals surface area contributed by atoms with Gasteiger partial charge in [0.2, 0.25) is 0 Å². The fourth-order valence-corrected chi connectivity index (χ4v) is 4.82. The molecule has 0 bridgehead atoms. The number of aryl methyl sites for hydroxylation is 1. The molecule has 5 heteroatoms. The van der Waals surface area contributed by atoms with E-state index in [9.17, 15) is 4.79 Å². The molecule has 116 valence electrons. The van der Waals surface area contributed by atoms with Crippen molar-refractivity contribution in [2.75, 3.05) is 6.54 Å². The molecule has 4 rings (SSSR count). The lowest BCUT2D eigenvalue weighted by Crippen LogP contribution is -2.51. The number of cyclic esters (lactones) is 1. The van der Waals surface area contributed by atoms with Gasteiger partial charge in [-0.15, -0.1) is 0 Å². The standard InChI is InChI=1S/C17H19BrN2O2/c1-9-10-7-8-20-15(21)22-16(2,3)17(20,4)14-11(18)5-6-12(19-9)13(10)14/h5-6,19H,7-8H2,1-4H3/t17-/m1/s1. The number of carbonyl (C=O) groups excluding carboxylic acids is 1. The van der Waals surface area contributed by atoms with Crippen LogP contribution in [0.15, 0.2) is 16.6 Å². The van der Waals surface area contributed by atoms with E-state index < -0.39 is 11.1 Å². The number of amides is 1. The average molecular weight is 363 g/mol. The molecule has 0 spiro atoms. The van der Waals surface area contributed by atoms with E-state index in [1.165, 1.54) is 16.6 Å². The Balaban J connectivity index is 2.17. The summed E-state index contributed by atoms with van der Waals surface area (Å²) in [7, 11) is 0. The van der Waals surface area contributed by atoms with Gasteiger partial charge >= 0.3 is 6.09 Å². The molecule has 2 aliphatic rings. The minimum atomic E-state index is -0.590. The number of ether oxygens (including phenoxy) is 1. The fourth-order valence-electron chi connectivity index (χ4n) is 4.10. The molecule has 0 radical (unpaired) electrons. The highest BCUT2D eigenvalue weighted by atomic mass is 79.9. The third-order valence-corrected chi connectivity index (χ3v) is 6.24. The number of hydrogen-bond acceptors (Lipinski definition) is 2. The van der Waals surface area contributed by atoms with Crippen molar-refractivity contribution in [3.8, 4) is 0 Å². The number of nitrogens with zero attached hydrogens (tertiary/aromatic N) is 1. The van der Waals surface area contributed by atoms with Crippen LogP contribution in [0, 0.1) is 6.92 Å². The predicted octanol–water partition coefficient (Wildman–Crippen LogP) is 4.24. The highest BCUT2D eigenvalue weighted by Gasteiger charge is 2.60. The number of fused-ring (bicyclic) bond motifs is 2. The van der Waals surface area contributed by atoms with E-state index in [0.717, 1.165) is 22.0 Å². The van der Waals surface area contributed by atoms with Crippen LogP contribution in [-0.4, -0.2) is 28.1 Å². The van der Waals surface area contributed by atoms with Crippen molar-refractivity contribution >= 4 is 32.9 Å². The Morgan fingerprint density at radius 1 is 1.32 bits per heavy atom. The first kappa shape index (κ1) is 14.1. The quantitative estimate of drug-likeness (QED) is 0.761. The Kier molecular flexibility index (Phi) is 2.62. The van der Waals surface area contributed by atoms with Gasteiger partial charge in [0, 0.05) is 33.2 Å². The van der Waals surface area contributed by atoms with Crippen molar-refractivity contribution in [1.82, 2.24) is 9.88 Å². The first-order chi connectivity index (χ1) is 10.3. The maximum absolute atomic E-state index is 12.5. The average Bonchev–Trinajstić information content (AvgIpc) is 2.74. The lowest BCUT2D eigenvalue weighted by Gasteiger charge is -2.40. The first-order valence-electron chi connectivity index (χ1n) is 7.58. The minimum absolute atomic E-state index is 0.219. The van der Waals surface area contributed by atoms with Crippen LogP contribution in [0.2, 0.25) is 0 Å². The molecule has 0 saturated carbocycles. The molecule has 0 aliphatic carbocycles. The monoisotopic (exact) mass is 362 g/mol. The maximum Gasteiger partial charge on any atom is 0.411 e. The topological polar surface area (TPSA) is 45.3 Å². The molecular formula is C17H19BrN2O2. The number of hydrogen-bond donors (Lipinski definition) is 1. The van der Waals surface area contributed by atoms with E-state index in [0.29, 0.717) is 6.54 Å². The summed E-state index contributed by atoms with van der Waals surface area (Å²) in [5.74, 6) is 0. The number of carbonyl (C=O) groups is 1. The highest BCUT2D eigenvalue weighted by Crippen LogP contribution is 2.52. The van der Waals surface area contributed by atoms with Crippen molar-refractivity contribution in [2.24, 2.45) is 0 Å². The SMILES string of the molecule is Cc1[nH]c2ccc(Br)c3c2c1CCN1C(=O)OC(C)(C)[C@@]31C. The molecule has 4 nitrogen and oxygen atoms in total. The number of benzene rings is 1. The van der Waals surface area contributed by atoms with Gasteiger partial charge < -0.3 is 9.72 Å². The number of halogens is 1. The molecule has 1 aromatic carbocycles. The zero-order valence-electron chi connectivity index (χ0n) is 13.2. The van der Waals surface area contributed by atoms with Crippen molar-refractivity contribution in [3.05, 3.63) is 33.4 Å². The molecule has 22 heavy (non-hydrogen) atoms. The number of H-pyrrole nitrogens is 1. The minimum Gasteiger partial charge on any atom is -0.440 e. The Hall–Kier alpha value is -1.49. The van der Waals surface area contributed by atoms with Gasteiger partial charge in [-0.3, -0.25) is 4.90 Å². The summed E-state index contributed by atoms with van der Waals surface area (Å²) in [6.07, 6.45) is 0.624. The fraction of sp³-hybridized carbons (Fsp3) is 0.471. The van der Waals surface area contributed by atoms with E-state index in [1.807, 2.05) is 18.7 Å². The number of rotatable bonds is 0. The van der Waals surface area contributed by atoms with Crippen LogP contribution in [0.5, 0.6) is 0 Å². The second kappa shape index (κ2) is 4.07. The normalized spacial score (nSPS) is 26.0. The van der Waals surface area contributed by atoms with Gasteiger partial charge in [-0.25, -0.2) is 4.79 Å². The summed E-state index contributed by atoms with van der Waals surface area (Å²) in [6.45, 7) is 8.90. The summed E-state index contributed by atoms with van der Waals surface area (Å²) in [5.41, 5.74) is 3.69. The second-order valence-corrected chi connectivity index (χ2v) is 7.78. The second-order valence-electron chi connectivity index (χ2n) is 6.93. The maximum atomic E-state index is 12.5. The molecular weight excluding hydrogens is 344 g/mol. The first-order valence-corrected chi connectivity index (χ1v) is 8.37. The molecule has 2 aromatic rings. The van der Waals surface area contributed by atoms with Crippen LogP contribution in [0.25, 0.3) is 10.9 Å². The van der Waals surface area contributed by atoms with Crippen molar-refractivity contribution in [3.63, 3.8) is 0 Å². The molecule has 2 aliphatic heterocycles. The predicted molar refractivity (Wildman–Crippen MR) is 89.1 cm³/mol. The summed E-state index contributed by atoms with van der Waals surface area (Å²) in [6, 6.07) is 4.16. The molecule has 1 fully saturated rings. The van der Waals surface area contributed by atoms with Crippen LogP contribution in [-0.2, 0) is 16.7 Å². The number of aromatic nitrogens is 1. The third kappa shape index (κ3) is 1.45. The summed E-state index contributed by atoms with van der Waals surface area (Å²) in [4.78, 5) is 17.8. The molecule has 1 aromatic heterocycles. The van der Waals surface area contributed by atoms with Crippen LogP contribution in [0.4, 0.5) is 4.79 Å². The van der Waals surface area contributed by atoms with Crippen LogP contribution < -0.4 is 0 Å². The van der Waals surface area contributed by atoms with Crippen molar-refractivity contribution in [1.29, 1.82) is 0 Å². The molecule has 0 unspecified atom stereocenters. The molecule has 1 saturated heterocycles. The van der Waals surface area contributed by atoms with Gasteiger partial charge in [-0.1, -0.05) is 15.9 Å². The highest BCUT2D eigenvalue weighted by molar-refractivity contribution is 9.10. The third-order valence-electron chi connectivity index (χ3n) is 5.58. The molecule has 1 N–H and O–H groups in total. The van der Waals surface area contributed by atoms with E-state index in [1.54, 1.807) is 0 Å². The van der Waals surface area contributed by atoms with E-state index in [-0.39, 0.29) is 6.09 Å². The van der Waals surface area contributed by atoms with Crippen molar-refractivity contribution in [2.45, 2.75) is 45.3 Å². The molecule has 1 atom stereocenters. The lowest BCUT2D eigenvalue weighted by atomic mass is 9.76. The van der Waals surface area contributed by atoms with Crippen molar-refractivity contribution < 1.29 is 9.53 Å². The smallest absolute Gasteiger partial charge is 0.411 e. The van der Waals surface area contributed by atoms with Gasteiger partial charge in [0.15, 0.2) is 0 Å². The number of aromatic amines is 1. The zero-order chi connectivity index (χ0) is 15.9. The van der Waals surface area contributed by atoms with Crippen LogP contribution in [0.1, 0.15) is 37.6 Å². The summed E-state index contributed by atoms with van der Waals surface area (Å²) in [5, 5.41) is 1.24.